The van der Waals surface area contributed by atoms with Gasteiger partial charge in [-0.1, -0.05) is 200 Å². The van der Waals surface area contributed by atoms with Gasteiger partial charge in [-0.3, -0.25) is 0 Å². The number of unbranched alkanes of at least 4 members (excludes halogenated alkanes) is 14. The van der Waals surface area contributed by atoms with Crippen molar-refractivity contribution in [2.75, 3.05) is 0 Å². The molecule has 45 heavy (non-hydrogen) atoms. The maximum Gasteiger partial charge on any atom is 2.00 e. The van der Waals surface area contributed by atoms with Crippen molar-refractivity contribution < 1.29 is 19.8 Å². The molecular formula is C40H58MgO4. The van der Waals surface area contributed by atoms with Gasteiger partial charge in [0.15, 0.2) is 0 Å². The smallest absolute Gasteiger partial charge is 0.545 e. The standard InChI is InChI=1S/2C20H30O2.Mg/c2*1-2-3-4-5-6-7-8-9-10-11-12-13-14-15-16-17-18-19-20(21)22;/h2*10-19H,2-9H2,1H3,(H,21,22);/q;;+2/p-2/b2*11-10+,13-12+,15-14+,17-16+,19-18+;. The molecule has 0 aromatic carbocycles. The molecule has 0 aromatic rings. The van der Waals surface area contributed by atoms with E-state index in [1.807, 2.05) is 48.6 Å². The van der Waals surface area contributed by atoms with E-state index in [1.54, 1.807) is 24.3 Å². The Hall–Kier alpha value is -2.89. The van der Waals surface area contributed by atoms with Crippen LogP contribution in [-0.4, -0.2) is 35.0 Å². The average molecular weight is 627 g/mol. The van der Waals surface area contributed by atoms with Gasteiger partial charge in [-0.25, -0.2) is 0 Å². The number of rotatable bonds is 26. The second kappa shape index (κ2) is 43.2. The van der Waals surface area contributed by atoms with Crippen LogP contribution in [0, 0.1) is 0 Å². The molecule has 0 aliphatic rings. The molecule has 0 atom stereocenters. The summed E-state index contributed by atoms with van der Waals surface area (Å²) in [6.07, 6.45) is 56.8. The first-order valence-corrected chi connectivity index (χ1v) is 16.6. The van der Waals surface area contributed by atoms with Crippen molar-refractivity contribution in [1.29, 1.82) is 0 Å². The summed E-state index contributed by atoms with van der Waals surface area (Å²) in [6.45, 7) is 4.50. The molecule has 0 N–H and O–H groups in total. The average Bonchev–Trinajstić information content (AvgIpc) is 3.00. The first-order chi connectivity index (χ1) is 21.5. The van der Waals surface area contributed by atoms with Gasteiger partial charge in [0.2, 0.25) is 0 Å². The molecule has 0 amide bonds. The maximum absolute atomic E-state index is 10.1. The molecule has 0 aromatic heterocycles. The molecule has 244 valence electrons. The van der Waals surface area contributed by atoms with Crippen LogP contribution in [0.4, 0.5) is 0 Å². The van der Waals surface area contributed by atoms with Gasteiger partial charge in [-0.2, -0.15) is 0 Å². The summed E-state index contributed by atoms with van der Waals surface area (Å²) >= 11 is 0. The van der Waals surface area contributed by atoms with E-state index in [0.717, 1.165) is 25.0 Å². The minimum absolute atomic E-state index is 0. The topological polar surface area (TPSA) is 80.3 Å². The predicted octanol–water partition coefficient (Wildman–Crippen LogP) is 8.94. The van der Waals surface area contributed by atoms with E-state index in [4.69, 9.17) is 0 Å². The largest absolute Gasteiger partial charge is 2.00 e. The number of hydrogen-bond donors (Lipinski definition) is 0. The van der Waals surface area contributed by atoms with Gasteiger partial charge in [0.05, 0.1) is 11.9 Å². The van der Waals surface area contributed by atoms with Crippen molar-refractivity contribution >= 4 is 35.0 Å². The number of carbonyl (C=O) groups is 2. The van der Waals surface area contributed by atoms with Gasteiger partial charge in [-0.15, -0.1) is 0 Å². The summed E-state index contributed by atoms with van der Waals surface area (Å²) in [5.41, 5.74) is 0. The zero-order chi connectivity index (χ0) is 32.6. The van der Waals surface area contributed by atoms with Gasteiger partial charge in [0.1, 0.15) is 0 Å². The van der Waals surface area contributed by atoms with Crippen molar-refractivity contribution in [3.05, 3.63) is 122 Å². The molecule has 0 rings (SSSR count). The van der Waals surface area contributed by atoms with Gasteiger partial charge >= 0.3 is 23.1 Å². The molecule has 0 fully saturated rings. The van der Waals surface area contributed by atoms with E-state index < -0.39 is 11.9 Å². The van der Waals surface area contributed by atoms with E-state index in [1.165, 1.54) is 102 Å². The Balaban J connectivity index is -0.000000767. The minimum atomic E-state index is -1.18. The van der Waals surface area contributed by atoms with Gasteiger partial charge in [0, 0.05) is 0 Å². The third-order valence-electron chi connectivity index (χ3n) is 6.24. The molecule has 5 heteroatoms. The van der Waals surface area contributed by atoms with Crippen LogP contribution in [0.2, 0.25) is 0 Å². The summed E-state index contributed by atoms with van der Waals surface area (Å²) < 4.78 is 0. The molecule has 0 aliphatic carbocycles. The van der Waals surface area contributed by atoms with Crippen LogP contribution in [0.15, 0.2) is 122 Å². The molecule has 0 heterocycles. The van der Waals surface area contributed by atoms with E-state index in [0.29, 0.717) is 0 Å². The number of aliphatic carboxylic acids is 2. The molecule has 0 aliphatic heterocycles. The quantitative estimate of drug-likeness (QED) is 0.0415. The molecular weight excluding hydrogens is 569 g/mol. The van der Waals surface area contributed by atoms with Crippen molar-refractivity contribution in [2.45, 2.75) is 117 Å². The fourth-order valence-corrected chi connectivity index (χ4v) is 3.83. The monoisotopic (exact) mass is 626 g/mol. The third kappa shape index (κ3) is 51.0. The molecule has 0 radical (unpaired) electrons. The van der Waals surface area contributed by atoms with Gasteiger partial charge in [0.25, 0.3) is 0 Å². The zero-order valence-electron chi connectivity index (χ0n) is 28.2. The van der Waals surface area contributed by atoms with E-state index in [9.17, 15) is 19.8 Å². The Morgan fingerprint density at radius 2 is 0.622 bits per heavy atom. The van der Waals surface area contributed by atoms with Crippen LogP contribution < -0.4 is 10.2 Å². The fraction of sp³-hybridized carbons (Fsp3) is 0.450. The number of carbonyl (C=O) groups excluding carboxylic acids is 2. The van der Waals surface area contributed by atoms with Gasteiger partial charge < -0.3 is 19.8 Å². The summed E-state index contributed by atoms with van der Waals surface area (Å²) in [5.74, 6) is -2.36. The van der Waals surface area contributed by atoms with Crippen LogP contribution in [0.25, 0.3) is 0 Å². The number of carboxylic acids is 2. The predicted molar refractivity (Wildman–Crippen MR) is 192 cm³/mol. The second-order valence-electron chi connectivity index (χ2n) is 10.3. The van der Waals surface area contributed by atoms with Crippen molar-refractivity contribution in [3.63, 3.8) is 0 Å². The SMILES string of the molecule is CCCCCCCCC/C=C/C=C/C=C/C=C/C=C/C(=O)[O-].CCCCCCCCC/C=C/C=C/C=C/C=C/C=C/C(=O)[O-].[Mg+2]. The minimum Gasteiger partial charge on any atom is -0.545 e. The zero-order valence-corrected chi connectivity index (χ0v) is 29.6. The summed E-state index contributed by atoms with van der Waals surface area (Å²) in [6, 6.07) is 0. The summed E-state index contributed by atoms with van der Waals surface area (Å²) in [4.78, 5) is 20.2. The van der Waals surface area contributed by atoms with Crippen LogP contribution in [0.1, 0.15) is 117 Å². The fourth-order valence-electron chi connectivity index (χ4n) is 3.83. The van der Waals surface area contributed by atoms with E-state index in [2.05, 4.69) is 38.2 Å². The summed E-state index contributed by atoms with van der Waals surface area (Å²) in [7, 11) is 0. The van der Waals surface area contributed by atoms with Crippen LogP contribution in [0.3, 0.4) is 0 Å². The first kappa shape index (κ1) is 46.5. The second-order valence-corrected chi connectivity index (χ2v) is 10.3. The third-order valence-corrected chi connectivity index (χ3v) is 6.24. The Kier molecular flexibility index (Phi) is 44.7. The van der Waals surface area contributed by atoms with E-state index >= 15 is 0 Å². The molecule has 0 spiro atoms. The maximum atomic E-state index is 10.1. The Morgan fingerprint density at radius 1 is 0.378 bits per heavy atom. The van der Waals surface area contributed by atoms with Crippen molar-refractivity contribution in [2.24, 2.45) is 0 Å². The molecule has 4 nitrogen and oxygen atoms in total. The van der Waals surface area contributed by atoms with E-state index in [-0.39, 0.29) is 23.1 Å². The number of hydrogen-bond acceptors (Lipinski definition) is 4. The Morgan fingerprint density at radius 3 is 0.911 bits per heavy atom. The molecule has 0 bridgehead atoms. The normalized spacial score (nSPS) is 12.5. The van der Waals surface area contributed by atoms with Crippen molar-refractivity contribution in [1.82, 2.24) is 0 Å². The molecule has 0 saturated heterocycles. The summed E-state index contributed by atoms with van der Waals surface area (Å²) in [5, 5.41) is 20.2. The first-order valence-electron chi connectivity index (χ1n) is 16.6. The van der Waals surface area contributed by atoms with Crippen LogP contribution >= 0.6 is 0 Å². The van der Waals surface area contributed by atoms with Crippen LogP contribution in [0.5, 0.6) is 0 Å². The van der Waals surface area contributed by atoms with Crippen LogP contribution in [-0.2, 0) is 9.59 Å². The Bertz CT molecular complexity index is 881. The molecule has 0 saturated carbocycles. The van der Waals surface area contributed by atoms with Gasteiger partial charge in [-0.05, 0) is 37.8 Å². The number of allylic oxidation sites excluding steroid dienone is 18. The Labute approximate surface area is 291 Å². The molecule has 0 unspecified atom stereocenters. The van der Waals surface area contributed by atoms with Crippen molar-refractivity contribution in [3.8, 4) is 0 Å². The number of carboxylic acid groups (broad SMARTS) is 2.